The summed E-state index contributed by atoms with van der Waals surface area (Å²) in [5.74, 6) is -15.0. The van der Waals surface area contributed by atoms with E-state index in [1.165, 1.54) is 20.8 Å². The van der Waals surface area contributed by atoms with Gasteiger partial charge >= 0.3 is 11.9 Å². The molecular formula is C77H132N2O55. The van der Waals surface area contributed by atoms with Crippen LogP contribution in [0.3, 0.4) is 0 Å². The number of aliphatic hydroxyl groups is 30. The van der Waals surface area contributed by atoms with Gasteiger partial charge in [0.05, 0.1) is 127 Å². The number of carboxylic acid groups (broad SMARTS) is 2. The molecule has 0 bridgehead atoms. The van der Waals surface area contributed by atoms with Crippen molar-refractivity contribution >= 4 is 11.9 Å². The summed E-state index contributed by atoms with van der Waals surface area (Å²) in [6, 6.07) is -3.25. The van der Waals surface area contributed by atoms with Crippen LogP contribution in [-0.2, 0) is 109 Å². The second-order valence-electron chi connectivity index (χ2n) is 35.7. The molecule has 0 amide bonds. The van der Waals surface area contributed by atoms with Crippen LogP contribution in [0.4, 0.5) is 0 Å². The van der Waals surface area contributed by atoms with Crippen LogP contribution in [0.1, 0.15) is 47.5 Å². The summed E-state index contributed by atoms with van der Waals surface area (Å²) in [4.78, 5) is 25.9. The Kier molecular flexibility index (Phi) is 39.1. The summed E-state index contributed by atoms with van der Waals surface area (Å²) in [5, 5.41) is 355. The molecule has 36 N–H and O–H groups in total. The van der Waals surface area contributed by atoms with E-state index in [0.29, 0.717) is 0 Å². The van der Waals surface area contributed by atoms with Crippen molar-refractivity contribution in [2.75, 3.05) is 72.7 Å². The van der Waals surface area contributed by atoms with Gasteiger partial charge in [-0.05, 0) is 6.92 Å². The first-order valence-corrected chi connectivity index (χ1v) is 43.7. The van der Waals surface area contributed by atoms with Gasteiger partial charge in [-0.3, -0.25) is 0 Å². The molecule has 11 aliphatic rings. The Morgan fingerprint density at radius 1 is 0.313 bits per heavy atom. The van der Waals surface area contributed by atoms with Crippen LogP contribution in [0.5, 0.6) is 0 Å². The van der Waals surface area contributed by atoms with Gasteiger partial charge in [0.25, 0.3) is 11.6 Å². The molecule has 11 heterocycles. The summed E-state index contributed by atoms with van der Waals surface area (Å²) in [6.45, 7) is -4.79. The van der Waals surface area contributed by atoms with Crippen molar-refractivity contribution in [1.29, 1.82) is 0 Å². The Labute approximate surface area is 761 Å². The summed E-state index contributed by atoms with van der Waals surface area (Å²) in [7, 11) is 0. The molecule has 0 aromatic rings. The molecule has 0 aromatic heterocycles. The smallest absolute Gasteiger partial charge is 0.364 e. The quantitative estimate of drug-likeness (QED) is 0.0275. The average molecular weight is 1970 g/mol. The van der Waals surface area contributed by atoms with E-state index in [-0.39, 0.29) is 0 Å². The largest absolute Gasteiger partial charge is 0.477 e. The van der Waals surface area contributed by atoms with Crippen molar-refractivity contribution in [3.63, 3.8) is 0 Å². The lowest BCUT2D eigenvalue weighted by Gasteiger charge is -2.51. The SMILES string of the molecule is CC1C(O)[C@H](O[C@@H]2OC(CO[C@]3(C(=O)O)C[C@@H](O)C(N)C(C(O)C(O)CO)O3)[C@H](O)C(O)[C@@H]2O)[C@H](CO)O[C@H]1O[C@@H]1C(O)[C@H](O)C(CO)O[C@@H]1OCC1O[C@@H](O[C@@H]2C(CO)O[C@@H](O[C@@H]3C(CO)O[C@@H](C)[C@@H](C)C3O)[C@@H](C)C2O)C(O)[C@@H](O[C@H]2O[C@H](CO)[C@@H](O)C(O)C2O[C@@H]2OC(CO)[C@@H](O[C@@H]3OC(CO)[C@H](O)C(O[C@]4(C(=O)O)C[C@@H](O)[C@@H](N)C(C(O)C(O)CO)O4)[C@@H]3O)C(O)[C@@H]2C)[C@@H]1O. The van der Waals surface area contributed by atoms with Gasteiger partial charge in [-0.1, -0.05) is 27.7 Å². The summed E-state index contributed by atoms with van der Waals surface area (Å²) in [5.41, 5.74) is 12.0. The molecule has 57 heteroatoms. The van der Waals surface area contributed by atoms with Gasteiger partial charge < -0.3 is 274 Å². The lowest BCUT2D eigenvalue weighted by molar-refractivity contribution is -0.404. The predicted molar refractivity (Wildman–Crippen MR) is 417 cm³/mol. The molecule has 11 aliphatic heterocycles. The van der Waals surface area contributed by atoms with Crippen molar-refractivity contribution in [2.24, 2.45) is 35.1 Å². The zero-order chi connectivity index (χ0) is 99.0. The topological polar surface area (TPSA) is 927 Å². The van der Waals surface area contributed by atoms with E-state index in [2.05, 4.69) is 0 Å². The van der Waals surface area contributed by atoms with Crippen LogP contribution in [0.15, 0.2) is 0 Å². The molecule has 57 atom stereocenters. The van der Waals surface area contributed by atoms with E-state index >= 15 is 0 Å². The highest BCUT2D eigenvalue weighted by molar-refractivity contribution is 5.76. The number of hydrogen-bond acceptors (Lipinski definition) is 55. The molecule has 11 rings (SSSR count). The Hall–Kier alpha value is -3.18. The van der Waals surface area contributed by atoms with Crippen LogP contribution in [0.2, 0.25) is 0 Å². The number of rotatable bonds is 37. The third-order valence-electron chi connectivity index (χ3n) is 26.8. The first kappa shape index (κ1) is 111. The number of carboxylic acids is 2. The number of aliphatic carboxylic acids is 2. The first-order valence-electron chi connectivity index (χ1n) is 43.7. The Morgan fingerprint density at radius 2 is 0.619 bits per heavy atom. The molecule has 0 spiro atoms. The maximum absolute atomic E-state index is 13.1. The van der Waals surface area contributed by atoms with Gasteiger partial charge in [-0.25, -0.2) is 9.59 Å². The van der Waals surface area contributed by atoms with E-state index in [1.807, 2.05) is 0 Å². The van der Waals surface area contributed by atoms with Crippen LogP contribution in [-0.4, -0.2) is 572 Å². The van der Waals surface area contributed by atoms with Crippen molar-refractivity contribution in [3.05, 3.63) is 0 Å². The minimum Gasteiger partial charge on any atom is -0.477 e. The van der Waals surface area contributed by atoms with Crippen LogP contribution in [0.25, 0.3) is 0 Å². The fourth-order valence-corrected chi connectivity index (χ4v) is 18.1. The minimum atomic E-state index is -3.18. The van der Waals surface area contributed by atoms with Crippen molar-refractivity contribution < 1.29 is 272 Å². The lowest BCUT2D eigenvalue weighted by Crippen LogP contribution is -2.70. The zero-order valence-corrected chi connectivity index (χ0v) is 72.8. The fourth-order valence-electron chi connectivity index (χ4n) is 18.1. The minimum absolute atomic E-state index is 0.586. The predicted octanol–water partition coefficient (Wildman–Crippen LogP) is -20.5. The van der Waals surface area contributed by atoms with E-state index in [4.69, 9.17) is 111 Å². The number of hydrogen-bond donors (Lipinski definition) is 34. The zero-order valence-electron chi connectivity index (χ0n) is 72.8. The molecule has 0 radical (unpaired) electrons. The second kappa shape index (κ2) is 47.1. The molecule has 780 valence electrons. The Bertz CT molecular complexity index is 3610. The average Bonchev–Trinajstić information content (AvgIpc) is 0.754. The Balaban J connectivity index is 0.839. The first-order chi connectivity index (χ1) is 63.2. The van der Waals surface area contributed by atoms with Gasteiger partial charge in [0.2, 0.25) is 0 Å². The monoisotopic (exact) mass is 1960 g/mol. The number of aliphatic hydroxyl groups excluding tert-OH is 30. The van der Waals surface area contributed by atoms with Crippen LogP contribution in [0, 0.1) is 23.7 Å². The third kappa shape index (κ3) is 23.0. The number of ether oxygens (including phenoxy) is 21. The Morgan fingerprint density at radius 3 is 1.04 bits per heavy atom. The van der Waals surface area contributed by atoms with E-state index in [9.17, 15) is 173 Å². The summed E-state index contributed by atoms with van der Waals surface area (Å²) >= 11 is 0. The molecule has 0 aromatic carbocycles. The summed E-state index contributed by atoms with van der Waals surface area (Å²) in [6.07, 6.45) is -99.7. The van der Waals surface area contributed by atoms with Gasteiger partial charge in [0.1, 0.15) is 208 Å². The van der Waals surface area contributed by atoms with Crippen molar-refractivity contribution in [2.45, 2.75) is 372 Å². The van der Waals surface area contributed by atoms with Crippen LogP contribution >= 0.6 is 0 Å². The lowest BCUT2D eigenvalue weighted by atomic mass is 9.88. The van der Waals surface area contributed by atoms with Gasteiger partial charge in [0, 0.05) is 36.5 Å². The van der Waals surface area contributed by atoms with Gasteiger partial charge in [-0.2, -0.15) is 0 Å². The number of nitrogens with two attached hydrogens (primary N) is 2. The molecule has 134 heavy (non-hydrogen) atoms. The normalized spacial score (nSPS) is 50.9. The molecule has 0 aliphatic carbocycles. The van der Waals surface area contributed by atoms with Crippen LogP contribution < -0.4 is 11.5 Å². The van der Waals surface area contributed by atoms with Gasteiger partial charge in [0.15, 0.2) is 50.3 Å². The maximum atomic E-state index is 13.1. The molecule has 11 saturated heterocycles. The van der Waals surface area contributed by atoms with Gasteiger partial charge in [-0.15, -0.1) is 0 Å². The fraction of sp³-hybridized carbons (Fsp3) is 0.974. The highest BCUT2D eigenvalue weighted by Crippen LogP contribution is 2.45. The highest BCUT2D eigenvalue weighted by atomic mass is 16.8. The maximum Gasteiger partial charge on any atom is 0.364 e. The van der Waals surface area contributed by atoms with E-state index in [0.717, 1.165) is 0 Å². The summed E-state index contributed by atoms with van der Waals surface area (Å²) < 4.78 is 126. The van der Waals surface area contributed by atoms with E-state index in [1.54, 1.807) is 13.8 Å². The molecular weight excluding hydrogens is 1830 g/mol. The molecule has 11 fully saturated rings. The second-order valence-corrected chi connectivity index (χ2v) is 35.7. The third-order valence-corrected chi connectivity index (χ3v) is 26.8. The highest BCUT2D eigenvalue weighted by Gasteiger charge is 2.64. The molecule has 57 nitrogen and oxygen atoms in total. The van der Waals surface area contributed by atoms with Crippen molar-refractivity contribution in [3.8, 4) is 0 Å². The molecule has 0 saturated carbocycles. The van der Waals surface area contributed by atoms with E-state index < -0.39 is 445 Å². The molecule has 25 unspecified atom stereocenters. The van der Waals surface area contributed by atoms with Crippen molar-refractivity contribution in [1.82, 2.24) is 0 Å². The number of carbonyl (C=O) groups is 2. The standard InChI is InChI=1S/C77H132N2O55/c1-19-23(5)116-31(13-85)56(39(19)93)125-66-20(2)40(94)58(33(15-87)120-66)127-70-54(108)62(129-73-65(52(106)46(100)29(11-83)119-73)131-68-22(4)42(96)59(34(16-88)122-68)128-71-55(109)63(48(102)30(12-84)117-71)134-77(75(112)113)7-25(90)38(79)61(133-77)44(98)27(92)9-81)49(103)35(123-70)17-114-72-64(51(105)45(99)28(10-82)118-72)130-67-21(3)41(95)57(32(14-86)121-67)126-69-53(107)50(104)47(101)36(124-69)18-115-76(74(110)111)6-24(89)37(78)60(132-76)43(97)26(91)8-80/h19-73,80-109H,6-18,78-79H2,1-5H3,(H,110,111)(H,112,113)/t19-,20+,21?,22+,23+,24-,25-,26?,27?,28?,29-,30?,31?,32+,33?,34?,35?,36?,37?,38-,39?,40?,41?,42?,43?,44?,45-,46-,47+,48+,49-,50?,51?,52?,53+,54?,55+,56-,57-,58-,59-,60?,61?,62+,63?,64-,65?,66+,67+,68+,69+,70+,71+,72+,73-,76-,77+/m1/s1.